The Morgan fingerprint density at radius 3 is 1.56 bits per heavy atom. The molecule has 0 spiro atoms. The van der Waals surface area contributed by atoms with Crippen molar-refractivity contribution in [2.45, 2.75) is 0 Å². The van der Waals surface area contributed by atoms with Gasteiger partial charge in [-0.3, -0.25) is 0 Å². The molecule has 6 heteroatoms. The second-order valence-electron chi connectivity index (χ2n) is 1.84. The van der Waals surface area contributed by atoms with Gasteiger partial charge in [0, 0.05) is 0 Å². The summed E-state index contributed by atoms with van der Waals surface area (Å²) in [6, 6.07) is 0. The van der Waals surface area contributed by atoms with Crippen LogP contribution >= 0.6 is 7.84 Å². The third-order valence-electron chi connectivity index (χ3n) is 1.01. The fraction of sp³-hybridized carbons (Fsp3) is 1.00. The summed E-state index contributed by atoms with van der Waals surface area (Å²) in [6.07, 6.45) is 0. The van der Waals surface area contributed by atoms with Crippen molar-refractivity contribution in [2.75, 3.05) is 21.1 Å². The molecule has 0 saturated carbocycles. The van der Waals surface area contributed by atoms with E-state index in [-0.39, 0.29) is 4.67 Å². The third kappa shape index (κ3) is 2.08. The maximum atomic E-state index is 12.2. The zero-order valence-corrected chi connectivity index (χ0v) is 6.42. The van der Waals surface area contributed by atoms with Gasteiger partial charge in [-0.05, 0) is 0 Å². The van der Waals surface area contributed by atoms with E-state index in [1.165, 1.54) is 5.09 Å². The number of nitrogens with one attached hydrogen (secondary N) is 1. The second-order valence-corrected chi connectivity index (χ2v) is 4.63. The van der Waals surface area contributed by atoms with E-state index in [9.17, 15) is 12.6 Å². The van der Waals surface area contributed by atoms with Gasteiger partial charge < -0.3 is 0 Å². The molecule has 0 aliphatic rings. The standard InChI is InChI=1S/C3H10F3N2P/c1-7-9(4,5,6)8(2)3/h7H,1-3H3. The van der Waals surface area contributed by atoms with Gasteiger partial charge in [-0.1, -0.05) is 0 Å². The molecule has 0 radical (unpaired) electrons. The molecule has 0 amide bonds. The van der Waals surface area contributed by atoms with E-state index in [1.54, 1.807) is 0 Å². The van der Waals surface area contributed by atoms with Crippen LogP contribution in [0.4, 0.5) is 12.6 Å². The monoisotopic (exact) mass is 162 g/mol. The minimum atomic E-state index is -6.13. The Hall–Kier alpha value is 0.140. The fourth-order valence-corrected chi connectivity index (χ4v) is 0.600. The Bertz CT molecular complexity index is 107. The van der Waals surface area contributed by atoms with Gasteiger partial charge >= 0.3 is 51.3 Å². The summed E-state index contributed by atoms with van der Waals surface area (Å²) in [4.78, 5) is 0. The molecular formula is C3H10F3N2P. The van der Waals surface area contributed by atoms with Crippen molar-refractivity contribution in [3.8, 4) is 0 Å². The SMILES string of the molecule is CNP(F)(F)(F)N(C)C. The number of nitrogens with zero attached hydrogens (tertiary/aromatic N) is 1. The van der Waals surface area contributed by atoms with Crippen LogP contribution in [0.25, 0.3) is 0 Å². The molecule has 0 aromatic heterocycles. The van der Waals surface area contributed by atoms with Crippen LogP contribution in [0, 0.1) is 0 Å². The predicted molar refractivity (Wildman–Crippen MR) is 33.0 cm³/mol. The van der Waals surface area contributed by atoms with E-state index < -0.39 is 7.84 Å². The van der Waals surface area contributed by atoms with Crippen LogP contribution in [0.3, 0.4) is 0 Å². The van der Waals surface area contributed by atoms with Crippen LogP contribution < -0.4 is 5.09 Å². The normalized spacial score (nSPS) is 17.4. The van der Waals surface area contributed by atoms with Gasteiger partial charge in [0.2, 0.25) is 0 Å². The van der Waals surface area contributed by atoms with Gasteiger partial charge in [0.05, 0.1) is 0 Å². The molecular weight excluding hydrogens is 152 g/mol. The molecule has 9 heavy (non-hydrogen) atoms. The summed E-state index contributed by atoms with van der Waals surface area (Å²) in [6.45, 7) is 0. The minimum absolute atomic E-state index is 0.283. The summed E-state index contributed by atoms with van der Waals surface area (Å²) in [5, 5.41) is 1.37. The number of hydrogen-bond acceptors (Lipinski definition) is 2. The van der Waals surface area contributed by atoms with Gasteiger partial charge in [0.1, 0.15) is 0 Å². The average molecular weight is 162 g/mol. The zero-order valence-electron chi connectivity index (χ0n) is 5.53. The summed E-state index contributed by atoms with van der Waals surface area (Å²) in [7, 11) is -3.24. The average Bonchev–Trinajstić information content (AvgIpc) is 1.66. The van der Waals surface area contributed by atoms with E-state index in [1.807, 2.05) is 0 Å². The van der Waals surface area contributed by atoms with Crippen LogP contribution in [-0.2, 0) is 0 Å². The van der Waals surface area contributed by atoms with Gasteiger partial charge in [0.15, 0.2) is 0 Å². The van der Waals surface area contributed by atoms with Gasteiger partial charge in [-0.25, -0.2) is 0 Å². The third-order valence-corrected chi connectivity index (χ3v) is 3.02. The molecule has 0 aliphatic heterocycles. The van der Waals surface area contributed by atoms with Crippen molar-refractivity contribution < 1.29 is 12.6 Å². The Balaban J connectivity index is 4.30. The van der Waals surface area contributed by atoms with E-state index in [0.29, 0.717) is 0 Å². The molecule has 0 aromatic rings. The summed E-state index contributed by atoms with van der Waals surface area (Å²) in [5.74, 6) is 0. The molecule has 0 heterocycles. The molecule has 0 unspecified atom stereocenters. The van der Waals surface area contributed by atoms with Crippen LogP contribution in [0.2, 0.25) is 0 Å². The predicted octanol–water partition coefficient (Wildman–Crippen LogP) is 1.80. The van der Waals surface area contributed by atoms with Crippen molar-refractivity contribution in [2.24, 2.45) is 0 Å². The Labute approximate surface area is 52.4 Å². The Morgan fingerprint density at radius 2 is 1.56 bits per heavy atom. The van der Waals surface area contributed by atoms with Gasteiger partial charge in [-0.15, -0.1) is 0 Å². The van der Waals surface area contributed by atoms with Crippen LogP contribution in [-0.4, -0.2) is 25.8 Å². The molecule has 0 aliphatic carbocycles. The summed E-state index contributed by atoms with van der Waals surface area (Å²) >= 11 is 0. The fourth-order valence-electron chi connectivity index (χ4n) is 0.200. The van der Waals surface area contributed by atoms with Crippen LogP contribution in [0.15, 0.2) is 0 Å². The first-order chi connectivity index (χ1) is 3.78. The number of rotatable bonds is 2. The molecule has 0 aromatic carbocycles. The molecule has 0 bridgehead atoms. The molecule has 0 fully saturated rings. The van der Waals surface area contributed by atoms with Crippen molar-refractivity contribution in [3.05, 3.63) is 0 Å². The van der Waals surface area contributed by atoms with Gasteiger partial charge in [-0.2, -0.15) is 0 Å². The topological polar surface area (TPSA) is 15.3 Å². The summed E-state index contributed by atoms with van der Waals surface area (Å²) < 4.78 is 37.0. The molecule has 0 saturated heterocycles. The molecule has 2 nitrogen and oxygen atoms in total. The van der Waals surface area contributed by atoms with E-state index in [0.717, 1.165) is 21.1 Å². The van der Waals surface area contributed by atoms with Crippen molar-refractivity contribution in [1.29, 1.82) is 0 Å². The molecule has 0 rings (SSSR count). The van der Waals surface area contributed by atoms with Crippen molar-refractivity contribution in [3.63, 3.8) is 0 Å². The molecule has 0 atom stereocenters. The first-order valence-corrected chi connectivity index (χ1v) is 4.19. The van der Waals surface area contributed by atoms with Crippen LogP contribution in [0.1, 0.15) is 0 Å². The second kappa shape index (κ2) is 2.08. The van der Waals surface area contributed by atoms with Gasteiger partial charge in [0.25, 0.3) is 0 Å². The van der Waals surface area contributed by atoms with E-state index in [2.05, 4.69) is 0 Å². The molecule has 1 N–H and O–H groups in total. The first-order valence-electron chi connectivity index (χ1n) is 2.33. The first kappa shape index (κ1) is 9.14. The van der Waals surface area contributed by atoms with E-state index in [4.69, 9.17) is 0 Å². The van der Waals surface area contributed by atoms with Crippen molar-refractivity contribution in [1.82, 2.24) is 9.76 Å². The number of hydrogen-bond donors (Lipinski definition) is 1. The summed E-state index contributed by atoms with van der Waals surface area (Å²) in [5.41, 5.74) is 0. The Kier molecular flexibility index (Phi) is 2.11. The molecule has 58 valence electrons. The van der Waals surface area contributed by atoms with Crippen molar-refractivity contribution >= 4 is 7.84 Å². The quantitative estimate of drug-likeness (QED) is 0.623. The maximum absolute atomic E-state index is 12.2. The zero-order chi connectivity index (χ0) is 7.73. The Morgan fingerprint density at radius 1 is 1.22 bits per heavy atom. The number of halogens is 3. The van der Waals surface area contributed by atoms with Crippen LogP contribution in [0.5, 0.6) is 0 Å². The van der Waals surface area contributed by atoms with E-state index >= 15 is 0 Å².